The van der Waals surface area contributed by atoms with Crippen molar-refractivity contribution in [3.8, 4) is 5.75 Å². The van der Waals surface area contributed by atoms with Crippen LogP contribution in [0, 0.1) is 0 Å². The van der Waals surface area contributed by atoms with Crippen LogP contribution in [0.1, 0.15) is 61.1 Å². The van der Waals surface area contributed by atoms with Crippen molar-refractivity contribution < 1.29 is 14.3 Å². The molecule has 1 N–H and O–H groups in total. The molecule has 0 aromatic heterocycles. The van der Waals surface area contributed by atoms with Crippen LogP contribution in [0.25, 0.3) is 0 Å². The molecule has 0 radical (unpaired) electrons. The van der Waals surface area contributed by atoms with Crippen molar-refractivity contribution in [1.82, 2.24) is 5.32 Å². The van der Waals surface area contributed by atoms with Crippen LogP contribution < -0.4 is 10.1 Å². The van der Waals surface area contributed by atoms with Crippen LogP contribution in [0.2, 0.25) is 5.02 Å². The van der Waals surface area contributed by atoms with Gasteiger partial charge in [0.05, 0.1) is 19.3 Å². The van der Waals surface area contributed by atoms with Gasteiger partial charge in [-0.25, -0.2) is 0 Å². The second kappa shape index (κ2) is 11.0. The zero-order chi connectivity index (χ0) is 19.6. The van der Waals surface area contributed by atoms with Crippen molar-refractivity contribution in [2.24, 2.45) is 0 Å². The Hall–Kier alpha value is -2.04. The largest absolute Gasteiger partial charge is 0.494 e. The molecule has 2 rings (SSSR count). The third kappa shape index (κ3) is 6.56. The highest BCUT2D eigenvalue weighted by atomic mass is 35.5. The summed E-state index contributed by atoms with van der Waals surface area (Å²) in [4.78, 5) is 12.7. The van der Waals surface area contributed by atoms with E-state index in [0.717, 1.165) is 29.7 Å². The summed E-state index contributed by atoms with van der Waals surface area (Å²) in [6.45, 7) is 7.72. The molecule has 0 spiro atoms. The van der Waals surface area contributed by atoms with Gasteiger partial charge in [-0.05, 0) is 56.2 Å². The van der Waals surface area contributed by atoms with E-state index in [1.54, 1.807) is 6.07 Å². The van der Waals surface area contributed by atoms with Crippen LogP contribution >= 0.6 is 11.6 Å². The van der Waals surface area contributed by atoms with Gasteiger partial charge < -0.3 is 14.8 Å². The predicted molar refractivity (Wildman–Crippen MR) is 110 cm³/mol. The smallest absolute Gasteiger partial charge is 0.251 e. The van der Waals surface area contributed by atoms with Gasteiger partial charge >= 0.3 is 0 Å². The van der Waals surface area contributed by atoms with Gasteiger partial charge in [-0.2, -0.15) is 0 Å². The number of benzene rings is 2. The molecule has 0 saturated heterocycles. The van der Waals surface area contributed by atoms with Crippen LogP contribution in [-0.4, -0.2) is 19.1 Å². The number of hydrogen-bond acceptors (Lipinski definition) is 3. The van der Waals surface area contributed by atoms with E-state index in [4.69, 9.17) is 21.1 Å². The third-order valence-electron chi connectivity index (χ3n) is 4.24. The highest BCUT2D eigenvalue weighted by molar-refractivity contribution is 6.30. The van der Waals surface area contributed by atoms with Crippen LogP contribution in [0.15, 0.2) is 42.5 Å². The number of unbranched alkanes of at least 4 members (excludes halogenated alkanes) is 1. The van der Waals surface area contributed by atoms with Crippen LogP contribution in [-0.2, 0) is 11.3 Å². The minimum Gasteiger partial charge on any atom is -0.494 e. The molecule has 5 heteroatoms. The van der Waals surface area contributed by atoms with E-state index in [1.165, 1.54) is 0 Å². The highest BCUT2D eigenvalue weighted by Crippen LogP contribution is 2.23. The summed E-state index contributed by atoms with van der Waals surface area (Å²) in [6.07, 6.45) is 2.10. The van der Waals surface area contributed by atoms with Gasteiger partial charge in [0.1, 0.15) is 5.75 Å². The molecule has 4 nitrogen and oxygen atoms in total. The fraction of sp³-hybridized carbons (Fsp3) is 0.409. The summed E-state index contributed by atoms with van der Waals surface area (Å²) in [6, 6.07) is 12.8. The number of nitrogens with one attached hydrogen (secondary N) is 1. The number of carbonyl (C=O) groups is 1. The minimum atomic E-state index is -0.129. The molecule has 2 aromatic rings. The Balaban J connectivity index is 2.08. The topological polar surface area (TPSA) is 47.6 Å². The quantitative estimate of drug-likeness (QED) is 0.542. The van der Waals surface area contributed by atoms with Crippen molar-refractivity contribution in [3.05, 3.63) is 64.2 Å². The van der Waals surface area contributed by atoms with Crippen LogP contribution in [0.3, 0.4) is 0 Å². The molecule has 27 heavy (non-hydrogen) atoms. The lowest BCUT2D eigenvalue weighted by atomic mass is 10.1. The summed E-state index contributed by atoms with van der Waals surface area (Å²) < 4.78 is 11.4. The normalized spacial score (nSPS) is 11.9. The molecule has 0 bridgehead atoms. The van der Waals surface area contributed by atoms with Crippen molar-refractivity contribution in [1.29, 1.82) is 0 Å². The Morgan fingerprint density at radius 2 is 1.89 bits per heavy atom. The zero-order valence-corrected chi connectivity index (χ0v) is 17.0. The third-order valence-corrected chi connectivity index (χ3v) is 4.49. The van der Waals surface area contributed by atoms with Crippen LogP contribution in [0.4, 0.5) is 0 Å². The Bertz CT molecular complexity index is 731. The van der Waals surface area contributed by atoms with Gasteiger partial charge in [0, 0.05) is 22.8 Å². The molecule has 0 aliphatic rings. The van der Waals surface area contributed by atoms with Crippen LogP contribution in [0.5, 0.6) is 5.75 Å². The number of rotatable bonds is 10. The molecule has 1 atom stereocenters. The molecule has 0 aliphatic carbocycles. The molecule has 0 unspecified atom stereocenters. The van der Waals surface area contributed by atoms with Gasteiger partial charge in [0.2, 0.25) is 0 Å². The number of ether oxygens (including phenoxy) is 2. The van der Waals surface area contributed by atoms with E-state index < -0.39 is 0 Å². The molecular formula is C22H28ClNO3. The van der Waals surface area contributed by atoms with Crippen molar-refractivity contribution in [3.63, 3.8) is 0 Å². The Morgan fingerprint density at radius 3 is 2.56 bits per heavy atom. The monoisotopic (exact) mass is 389 g/mol. The minimum absolute atomic E-state index is 0.120. The van der Waals surface area contributed by atoms with E-state index in [-0.39, 0.29) is 11.9 Å². The molecule has 146 valence electrons. The first kappa shape index (κ1) is 21.3. The lowest BCUT2D eigenvalue weighted by Gasteiger charge is -2.16. The molecule has 0 heterocycles. The molecular weight excluding hydrogens is 362 g/mol. The SMILES string of the molecule is CCCCOCc1cc(C(=O)N[C@H](C)c2ccc(Cl)cc2)ccc1OCC. The number of halogens is 1. The summed E-state index contributed by atoms with van der Waals surface area (Å²) in [5, 5.41) is 3.70. The highest BCUT2D eigenvalue weighted by Gasteiger charge is 2.14. The van der Waals surface area contributed by atoms with Crippen molar-refractivity contribution in [2.45, 2.75) is 46.3 Å². The van der Waals surface area contributed by atoms with Gasteiger partial charge in [-0.1, -0.05) is 37.1 Å². The zero-order valence-electron chi connectivity index (χ0n) is 16.3. The summed E-state index contributed by atoms with van der Waals surface area (Å²) in [5.74, 6) is 0.631. The number of hydrogen-bond donors (Lipinski definition) is 1. The molecule has 1 amide bonds. The molecule has 0 fully saturated rings. The summed E-state index contributed by atoms with van der Waals surface area (Å²) in [7, 11) is 0. The van der Waals surface area contributed by atoms with E-state index >= 15 is 0 Å². The maximum atomic E-state index is 12.7. The van der Waals surface area contributed by atoms with Gasteiger partial charge in [0.25, 0.3) is 5.91 Å². The average Bonchev–Trinajstić information content (AvgIpc) is 2.67. The van der Waals surface area contributed by atoms with Gasteiger partial charge in [-0.3, -0.25) is 4.79 Å². The first-order chi connectivity index (χ1) is 13.0. The standard InChI is InChI=1S/C22H28ClNO3/c1-4-6-13-26-15-19-14-18(9-12-21(19)27-5-2)22(25)24-16(3)17-7-10-20(23)11-8-17/h7-12,14,16H,4-6,13,15H2,1-3H3,(H,24,25)/t16-/m1/s1. The second-order valence-corrected chi connectivity index (χ2v) is 6.84. The second-order valence-electron chi connectivity index (χ2n) is 6.41. The number of amides is 1. The lowest BCUT2D eigenvalue weighted by Crippen LogP contribution is -2.26. The number of carbonyl (C=O) groups excluding carboxylic acids is 1. The molecule has 0 saturated carbocycles. The van der Waals surface area contributed by atoms with Crippen molar-refractivity contribution >= 4 is 17.5 Å². The summed E-state index contributed by atoms with van der Waals surface area (Å²) in [5.41, 5.74) is 2.48. The maximum Gasteiger partial charge on any atom is 0.251 e. The van der Waals surface area contributed by atoms with Crippen molar-refractivity contribution in [2.75, 3.05) is 13.2 Å². The lowest BCUT2D eigenvalue weighted by molar-refractivity contribution is 0.0938. The predicted octanol–water partition coefficient (Wildman–Crippen LogP) is 5.55. The van der Waals surface area contributed by atoms with E-state index in [1.807, 2.05) is 50.2 Å². The van der Waals surface area contributed by atoms with Gasteiger partial charge in [-0.15, -0.1) is 0 Å². The van der Waals surface area contributed by atoms with E-state index in [9.17, 15) is 4.79 Å². The molecule has 0 aliphatic heterocycles. The van der Waals surface area contributed by atoms with Gasteiger partial charge in [0.15, 0.2) is 0 Å². The first-order valence-electron chi connectivity index (χ1n) is 9.45. The Labute approximate surface area is 166 Å². The Kier molecular flexibility index (Phi) is 8.62. The average molecular weight is 390 g/mol. The fourth-order valence-corrected chi connectivity index (χ4v) is 2.80. The fourth-order valence-electron chi connectivity index (χ4n) is 2.67. The maximum absolute atomic E-state index is 12.7. The summed E-state index contributed by atoms with van der Waals surface area (Å²) >= 11 is 5.93. The molecule has 2 aromatic carbocycles. The van der Waals surface area contributed by atoms with E-state index in [2.05, 4.69) is 12.2 Å². The Morgan fingerprint density at radius 1 is 1.15 bits per heavy atom. The van der Waals surface area contributed by atoms with E-state index in [0.29, 0.717) is 30.4 Å². The first-order valence-corrected chi connectivity index (χ1v) is 9.82.